The van der Waals surface area contributed by atoms with Gasteiger partial charge in [0.1, 0.15) is 5.69 Å². The van der Waals surface area contributed by atoms with Gasteiger partial charge in [-0.2, -0.15) is 0 Å². The molecule has 1 amide bonds. The number of hydrogen-bond donors (Lipinski definition) is 2. The zero-order chi connectivity index (χ0) is 17.3. The SMILES string of the molecule is CNc1ccc(C(=O)Nc2ccc3nc(C)sc3c2)cc1[N+](=O)[O-]. The monoisotopic (exact) mass is 342 g/mol. The van der Waals surface area contributed by atoms with Crippen LogP contribution in [0.5, 0.6) is 0 Å². The minimum Gasteiger partial charge on any atom is -0.383 e. The van der Waals surface area contributed by atoms with Crippen LogP contribution in [0.3, 0.4) is 0 Å². The summed E-state index contributed by atoms with van der Waals surface area (Å²) in [5.41, 5.74) is 1.94. The molecule has 0 aliphatic heterocycles. The topological polar surface area (TPSA) is 97.2 Å². The lowest BCUT2D eigenvalue weighted by Crippen LogP contribution is -2.12. The number of nitrogens with zero attached hydrogens (tertiary/aromatic N) is 2. The smallest absolute Gasteiger partial charge is 0.293 e. The lowest BCUT2D eigenvalue weighted by molar-refractivity contribution is -0.384. The van der Waals surface area contributed by atoms with Crippen LogP contribution in [0, 0.1) is 17.0 Å². The molecule has 1 aromatic heterocycles. The van der Waals surface area contributed by atoms with E-state index in [0.29, 0.717) is 11.4 Å². The molecule has 0 spiro atoms. The van der Waals surface area contributed by atoms with Crippen LogP contribution >= 0.6 is 11.3 Å². The summed E-state index contributed by atoms with van der Waals surface area (Å²) in [6.45, 7) is 1.92. The predicted molar refractivity (Wildman–Crippen MR) is 95.0 cm³/mol. The first-order valence-corrected chi connectivity index (χ1v) is 7.94. The third kappa shape index (κ3) is 3.04. The Bertz CT molecular complexity index is 952. The van der Waals surface area contributed by atoms with Crippen molar-refractivity contribution in [1.82, 2.24) is 4.98 Å². The molecule has 0 fully saturated rings. The highest BCUT2D eigenvalue weighted by molar-refractivity contribution is 7.18. The number of anilines is 2. The van der Waals surface area contributed by atoms with E-state index in [-0.39, 0.29) is 11.3 Å². The second-order valence-electron chi connectivity index (χ2n) is 5.11. The van der Waals surface area contributed by atoms with Crippen molar-refractivity contribution < 1.29 is 9.72 Å². The molecule has 3 rings (SSSR count). The van der Waals surface area contributed by atoms with Gasteiger partial charge in [-0.05, 0) is 37.3 Å². The largest absolute Gasteiger partial charge is 0.383 e. The van der Waals surface area contributed by atoms with E-state index in [1.165, 1.54) is 12.1 Å². The average Bonchev–Trinajstić information content (AvgIpc) is 2.93. The zero-order valence-corrected chi connectivity index (χ0v) is 13.8. The van der Waals surface area contributed by atoms with Crippen molar-refractivity contribution in [3.05, 3.63) is 57.1 Å². The van der Waals surface area contributed by atoms with Crippen molar-refractivity contribution in [3.8, 4) is 0 Å². The van der Waals surface area contributed by atoms with Crippen LogP contribution in [0.2, 0.25) is 0 Å². The summed E-state index contributed by atoms with van der Waals surface area (Å²) in [7, 11) is 1.59. The molecule has 2 N–H and O–H groups in total. The minimum absolute atomic E-state index is 0.140. The summed E-state index contributed by atoms with van der Waals surface area (Å²) in [5, 5.41) is 17.5. The molecule has 0 aliphatic rings. The first-order chi connectivity index (χ1) is 11.5. The molecule has 0 saturated carbocycles. The number of aromatic nitrogens is 1. The van der Waals surface area contributed by atoms with E-state index >= 15 is 0 Å². The lowest BCUT2D eigenvalue weighted by atomic mass is 10.1. The van der Waals surface area contributed by atoms with Crippen molar-refractivity contribution in [1.29, 1.82) is 0 Å². The fourth-order valence-electron chi connectivity index (χ4n) is 2.36. The molecule has 3 aromatic rings. The Morgan fingerprint density at radius 2 is 2.04 bits per heavy atom. The van der Waals surface area contributed by atoms with Crippen molar-refractivity contribution in [3.63, 3.8) is 0 Å². The maximum absolute atomic E-state index is 12.4. The Balaban J connectivity index is 1.88. The summed E-state index contributed by atoms with van der Waals surface area (Å²) in [4.78, 5) is 27.3. The van der Waals surface area contributed by atoms with Crippen LogP contribution in [0.4, 0.5) is 17.1 Å². The van der Waals surface area contributed by atoms with Crippen LogP contribution in [-0.2, 0) is 0 Å². The number of carbonyl (C=O) groups is 1. The maximum atomic E-state index is 12.4. The standard InChI is InChI=1S/C16H14N4O3S/c1-9-18-13-6-4-11(8-15(13)24-9)19-16(21)10-3-5-12(17-2)14(7-10)20(22)23/h3-8,17H,1-2H3,(H,19,21). The van der Waals surface area contributed by atoms with Crippen LogP contribution in [0.1, 0.15) is 15.4 Å². The van der Waals surface area contributed by atoms with E-state index in [4.69, 9.17) is 0 Å². The molecule has 8 heteroatoms. The minimum atomic E-state index is -0.519. The van der Waals surface area contributed by atoms with Crippen molar-refractivity contribution >= 4 is 44.5 Å². The van der Waals surface area contributed by atoms with Crippen LogP contribution < -0.4 is 10.6 Å². The molecule has 0 radical (unpaired) electrons. The van der Waals surface area contributed by atoms with E-state index < -0.39 is 10.8 Å². The summed E-state index contributed by atoms with van der Waals surface area (Å²) < 4.78 is 0.974. The first kappa shape index (κ1) is 15.9. The van der Waals surface area contributed by atoms with Gasteiger partial charge in [-0.1, -0.05) is 0 Å². The Kier molecular flexibility index (Phi) is 4.13. The maximum Gasteiger partial charge on any atom is 0.293 e. The Labute approximate surface area is 141 Å². The molecule has 0 bridgehead atoms. The Hall–Kier alpha value is -3.00. The predicted octanol–water partition coefficient (Wildman–Crippen LogP) is 3.81. The number of hydrogen-bond acceptors (Lipinski definition) is 6. The number of fused-ring (bicyclic) bond motifs is 1. The Morgan fingerprint density at radius 3 is 2.75 bits per heavy atom. The number of aryl methyl sites for hydroxylation is 1. The highest BCUT2D eigenvalue weighted by atomic mass is 32.1. The van der Waals surface area contributed by atoms with Crippen molar-refractivity contribution in [2.75, 3.05) is 17.7 Å². The van der Waals surface area contributed by atoms with Crippen molar-refractivity contribution in [2.45, 2.75) is 6.92 Å². The molecular weight excluding hydrogens is 328 g/mol. The molecule has 0 unspecified atom stereocenters. The molecule has 0 saturated heterocycles. The van der Waals surface area contributed by atoms with E-state index in [1.54, 1.807) is 30.5 Å². The average molecular weight is 342 g/mol. The van der Waals surface area contributed by atoms with Gasteiger partial charge in [0.25, 0.3) is 11.6 Å². The molecule has 0 aliphatic carbocycles. The van der Waals surface area contributed by atoms with Gasteiger partial charge in [-0.25, -0.2) is 4.98 Å². The summed E-state index contributed by atoms with van der Waals surface area (Å²) in [6.07, 6.45) is 0. The molecule has 7 nitrogen and oxygen atoms in total. The third-order valence-electron chi connectivity index (χ3n) is 3.48. The van der Waals surface area contributed by atoms with Gasteiger partial charge in [0.2, 0.25) is 0 Å². The second kappa shape index (κ2) is 6.25. The van der Waals surface area contributed by atoms with Crippen molar-refractivity contribution in [2.24, 2.45) is 0 Å². The van der Waals surface area contributed by atoms with Gasteiger partial charge in [-0.15, -0.1) is 11.3 Å². The van der Waals surface area contributed by atoms with E-state index in [0.717, 1.165) is 15.2 Å². The lowest BCUT2D eigenvalue weighted by Gasteiger charge is -2.07. The van der Waals surface area contributed by atoms with Gasteiger partial charge < -0.3 is 10.6 Å². The molecule has 122 valence electrons. The van der Waals surface area contributed by atoms with E-state index in [9.17, 15) is 14.9 Å². The molecule has 2 aromatic carbocycles. The zero-order valence-electron chi connectivity index (χ0n) is 13.0. The number of nitro groups is 1. The van der Waals surface area contributed by atoms with Crippen LogP contribution in [0.15, 0.2) is 36.4 Å². The highest BCUT2D eigenvalue weighted by Crippen LogP contribution is 2.27. The van der Waals surface area contributed by atoms with E-state index in [1.807, 2.05) is 19.1 Å². The number of amides is 1. The van der Waals surface area contributed by atoms with Crippen LogP contribution in [0.25, 0.3) is 10.2 Å². The summed E-state index contributed by atoms with van der Waals surface area (Å²) in [5.74, 6) is -0.402. The molecule has 1 heterocycles. The number of nitrogens with one attached hydrogen (secondary N) is 2. The quantitative estimate of drug-likeness (QED) is 0.555. The molecule has 0 atom stereocenters. The van der Waals surface area contributed by atoms with Gasteiger partial charge >= 0.3 is 0 Å². The van der Waals surface area contributed by atoms with E-state index in [2.05, 4.69) is 15.6 Å². The Morgan fingerprint density at radius 1 is 1.25 bits per heavy atom. The number of carbonyl (C=O) groups excluding carboxylic acids is 1. The van der Waals surface area contributed by atoms with Gasteiger partial charge in [-0.3, -0.25) is 14.9 Å². The summed E-state index contributed by atoms with van der Waals surface area (Å²) >= 11 is 1.54. The number of thiazole rings is 1. The second-order valence-corrected chi connectivity index (χ2v) is 6.34. The highest BCUT2D eigenvalue weighted by Gasteiger charge is 2.17. The van der Waals surface area contributed by atoms with Gasteiger partial charge in [0.15, 0.2) is 0 Å². The normalized spacial score (nSPS) is 10.6. The molecule has 24 heavy (non-hydrogen) atoms. The number of nitro benzene ring substituents is 1. The van der Waals surface area contributed by atoms with Gasteiger partial charge in [0.05, 0.1) is 20.1 Å². The summed E-state index contributed by atoms with van der Waals surface area (Å²) in [6, 6.07) is 9.76. The number of benzene rings is 2. The first-order valence-electron chi connectivity index (χ1n) is 7.12. The third-order valence-corrected chi connectivity index (χ3v) is 4.41. The number of rotatable bonds is 4. The fraction of sp³-hybridized carbons (Fsp3) is 0.125. The fourth-order valence-corrected chi connectivity index (χ4v) is 3.22. The van der Waals surface area contributed by atoms with Crippen LogP contribution in [-0.4, -0.2) is 22.9 Å². The van der Waals surface area contributed by atoms with Gasteiger partial charge in [0, 0.05) is 24.4 Å². The molecular formula is C16H14N4O3S.